The predicted octanol–water partition coefficient (Wildman–Crippen LogP) is 4.00. The topological polar surface area (TPSA) is 62.5 Å². The predicted molar refractivity (Wildman–Crippen MR) is 99.2 cm³/mol. The van der Waals surface area contributed by atoms with E-state index in [2.05, 4.69) is 62.2 Å². The highest BCUT2D eigenvalue weighted by atomic mass is 16.4. The molecule has 1 aliphatic carbocycles. The van der Waals surface area contributed by atoms with E-state index in [1.54, 1.807) is 0 Å². The van der Waals surface area contributed by atoms with E-state index in [1.165, 1.54) is 25.7 Å². The van der Waals surface area contributed by atoms with Crippen LogP contribution < -0.4 is 10.6 Å². The normalized spacial score (nSPS) is 19.3. The van der Waals surface area contributed by atoms with Gasteiger partial charge in [0.2, 0.25) is 5.89 Å². The molecule has 0 spiro atoms. The molecule has 1 heterocycles. The van der Waals surface area contributed by atoms with Gasteiger partial charge in [0.1, 0.15) is 12.3 Å². The third-order valence-electron chi connectivity index (χ3n) is 4.69. The molecule has 0 unspecified atom stereocenters. The molecule has 1 aromatic heterocycles. The summed E-state index contributed by atoms with van der Waals surface area (Å²) in [6.45, 7) is 14.5. The molecule has 0 bridgehead atoms. The summed E-state index contributed by atoms with van der Waals surface area (Å²) >= 11 is 0. The smallest absolute Gasteiger partial charge is 0.216 e. The van der Waals surface area contributed by atoms with Crippen LogP contribution in [0.3, 0.4) is 0 Å². The van der Waals surface area contributed by atoms with Crippen LogP contribution in [0.2, 0.25) is 0 Å². The molecular weight excluding hydrogens is 300 g/mol. The molecule has 2 rings (SSSR count). The summed E-state index contributed by atoms with van der Waals surface area (Å²) in [6.07, 6.45) is 6.74. The molecule has 1 fully saturated rings. The van der Waals surface area contributed by atoms with E-state index < -0.39 is 0 Å². The van der Waals surface area contributed by atoms with E-state index in [1.807, 2.05) is 6.20 Å². The maximum absolute atomic E-state index is 5.82. The molecular formula is C19H34N4O. The fraction of sp³-hybridized carbons (Fsp3) is 0.789. The molecule has 1 aromatic rings. The van der Waals surface area contributed by atoms with Crippen molar-refractivity contribution in [2.75, 3.05) is 6.54 Å². The van der Waals surface area contributed by atoms with Gasteiger partial charge in [0, 0.05) is 18.0 Å². The summed E-state index contributed by atoms with van der Waals surface area (Å²) in [7, 11) is 0. The number of aromatic nitrogens is 1. The Morgan fingerprint density at radius 1 is 1.33 bits per heavy atom. The van der Waals surface area contributed by atoms with Crippen LogP contribution in [0, 0.1) is 5.41 Å². The highest BCUT2D eigenvalue weighted by Gasteiger charge is 2.27. The SMILES string of the molecule is CCNC(=NCc1ncc(C(C)(C)C)o1)NC1CCC(C)(C)CC1. The summed E-state index contributed by atoms with van der Waals surface area (Å²) in [5.74, 6) is 2.43. The second kappa shape index (κ2) is 7.58. The van der Waals surface area contributed by atoms with Crippen LogP contribution in [-0.4, -0.2) is 23.5 Å². The number of guanidine groups is 1. The molecule has 0 aromatic carbocycles. The summed E-state index contributed by atoms with van der Waals surface area (Å²) in [4.78, 5) is 9.00. The lowest BCUT2D eigenvalue weighted by molar-refractivity contribution is 0.216. The largest absolute Gasteiger partial charge is 0.443 e. The Morgan fingerprint density at radius 2 is 2.00 bits per heavy atom. The first-order chi connectivity index (χ1) is 11.2. The van der Waals surface area contributed by atoms with Gasteiger partial charge in [-0.2, -0.15) is 0 Å². The van der Waals surface area contributed by atoms with E-state index in [9.17, 15) is 0 Å². The van der Waals surface area contributed by atoms with Crippen molar-refractivity contribution in [2.24, 2.45) is 10.4 Å². The zero-order chi connectivity index (χ0) is 17.8. The van der Waals surface area contributed by atoms with Crippen LogP contribution in [0.25, 0.3) is 0 Å². The molecule has 1 saturated carbocycles. The molecule has 5 heteroatoms. The Balaban J connectivity index is 1.94. The zero-order valence-corrected chi connectivity index (χ0v) is 16.2. The molecule has 0 aliphatic heterocycles. The van der Waals surface area contributed by atoms with E-state index in [-0.39, 0.29) is 5.41 Å². The fourth-order valence-corrected chi connectivity index (χ4v) is 2.93. The van der Waals surface area contributed by atoms with Crippen LogP contribution in [0.4, 0.5) is 0 Å². The van der Waals surface area contributed by atoms with Gasteiger partial charge in [-0.15, -0.1) is 0 Å². The van der Waals surface area contributed by atoms with Gasteiger partial charge in [0.15, 0.2) is 5.96 Å². The summed E-state index contributed by atoms with van der Waals surface area (Å²) < 4.78 is 5.82. The number of nitrogens with one attached hydrogen (secondary N) is 2. The van der Waals surface area contributed by atoms with Gasteiger partial charge in [0.05, 0.1) is 6.20 Å². The van der Waals surface area contributed by atoms with Crippen LogP contribution >= 0.6 is 0 Å². The third kappa shape index (κ3) is 5.53. The van der Waals surface area contributed by atoms with Crippen molar-refractivity contribution in [1.29, 1.82) is 0 Å². The van der Waals surface area contributed by atoms with Gasteiger partial charge in [-0.05, 0) is 38.0 Å². The zero-order valence-electron chi connectivity index (χ0n) is 16.2. The standard InChI is InChI=1S/C19H34N4O/c1-7-20-17(23-14-8-10-19(5,6)11-9-14)22-13-16-21-12-15(24-16)18(2,3)4/h12,14H,7-11,13H2,1-6H3,(H2,20,22,23). The van der Waals surface area contributed by atoms with Crippen molar-refractivity contribution in [3.8, 4) is 0 Å². The van der Waals surface area contributed by atoms with Gasteiger partial charge in [0.25, 0.3) is 0 Å². The average molecular weight is 335 g/mol. The van der Waals surface area contributed by atoms with Crippen molar-refractivity contribution >= 4 is 5.96 Å². The molecule has 2 N–H and O–H groups in total. The lowest BCUT2D eigenvalue weighted by Gasteiger charge is -2.35. The van der Waals surface area contributed by atoms with Crippen LogP contribution in [0.1, 0.15) is 78.9 Å². The molecule has 0 amide bonds. The lowest BCUT2D eigenvalue weighted by Crippen LogP contribution is -2.45. The number of rotatable bonds is 4. The molecule has 0 radical (unpaired) electrons. The van der Waals surface area contributed by atoms with Crippen LogP contribution in [0.5, 0.6) is 0 Å². The molecule has 0 saturated heterocycles. The number of nitrogens with zero attached hydrogens (tertiary/aromatic N) is 2. The van der Waals surface area contributed by atoms with Crippen LogP contribution in [0.15, 0.2) is 15.6 Å². The first kappa shape index (κ1) is 18.8. The Labute approximate surface area is 146 Å². The van der Waals surface area contributed by atoms with E-state index in [4.69, 9.17) is 4.42 Å². The minimum absolute atomic E-state index is 0.0212. The van der Waals surface area contributed by atoms with Crippen molar-refractivity contribution < 1.29 is 4.42 Å². The van der Waals surface area contributed by atoms with Crippen molar-refractivity contribution in [1.82, 2.24) is 15.6 Å². The van der Waals surface area contributed by atoms with Gasteiger partial charge in [-0.1, -0.05) is 34.6 Å². The van der Waals surface area contributed by atoms with E-state index >= 15 is 0 Å². The Morgan fingerprint density at radius 3 is 2.54 bits per heavy atom. The monoisotopic (exact) mass is 334 g/mol. The lowest BCUT2D eigenvalue weighted by atomic mass is 9.75. The quantitative estimate of drug-likeness (QED) is 0.645. The number of hydrogen-bond acceptors (Lipinski definition) is 3. The van der Waals surface area contributed by atoms with Gasteiger partial charge < -0.3 is 15.1 Å². The van der Waals surface area contributed by atoms with Crippen molar-refractivity contribution in [3.05, 3.63) is 17.8 Å². The first-order valence-electron chi connectivity index (χ1n) is 9.20. The second-order valence-electron chi connectivity index (χ2n) is 8.65. The van der Waals surface area contributed by atoms with Gasteiger partial charge in [-0.3, -0.25) is 0 Å². The Bertz CT molecular complexity index is 544. The molecule has 24 heavy (non-hydrogen) atoms. The summed E-state index contributed by atoms with van der Waals surface area (Å²) in [6, 6.07) is 0.505. The van der Waals surface area contributed by atoms with E-state index in [0.717, 1.165) is 18.3 Å². The second-order valence-corrected chi connectivity index (χ2v) is 8.65. The summed E-state index contributed by atoms with van der Waals surface area (Å²) in [5, 5.41) is 6.90. The highest BCUT2D eigenvalue weighted by molar-refractivity contribution is 5.80. The van der Waals surface area contributed by atoms with E-state index in [0.29, 0.717) is 23.9 Å². The Kier molecular flexibility index (Phi) is 5.94. The highest BCUT2D eigenvalue weighted by Crippen LogP contribution is 2.34. The minimum Gasteiger partial charge on any atom is -0.443 e. The Hall–Kier alpha value is -1.52. The molecule has 0 atom stereocenters. The van der Waals surface area contributed by atoms with Crippen LogP contribution in [-0.2, 0) is 12.0 Å². The third-order valence-corrected chi connectivity index (χ3v) is 4.69. The van der Waals surface area contributed by atoms with Gasteiger partial charge >= 0.3 is 0 Å². The molecule has 136 valence electrons. The number of hydrogen-bond donors (Lipinski definition) is 2. The maximum Gasteiger partial charge on any atom is 0.216 e. The maximum atomic E-state index is 5.82. The summed E-state index contributed by atoms with van der Waals surface area (Å²) in [5.41, 5.74) is 0.460. The number of oxazole rings is 1. The first-order valence-corrected chi connectivity index (χ1v) is 9.20. The molecule has 1 aliphatic rings. The molecule has 5 nitrogen and oxygen atoms in total. The van der Waals surface area contributed by atoms with Crippen molar-refractivity contribution in [2.45, 2.75) is 85.2 Å². The minimum atomic E-state index is -0.0212. The van der Waals surface area contributed by atoms with Gasteiger partial charge in [-0.25, -0.2) is 9.98 Å². The fourth-order valence-electron chi connectivity index (χ4n) is 2.93. The average Bonchev–Trinajstić information content (AvgIpc) is 2.96. The number of aliphatic imine (C=N–C) groups is 1. The van der Waals surface area contributed by atoms with Crippen molar-refractivity contribution in [3.63, 3.8) is 0 Å².